The van der Waals surface area contributed by atoms with Gasteiger partial charge in [-0.1, -0.05) is 0 Å². The average molecular weight is 1350 g/mol. The molecule has 0 rings (SSSR count). The van der Waals surface area contributed by atoms with Gasteiger partial charge in [0.2, 0.25) is 29.5 Å². The van der Waals surface area contributed by atoms with E-state index in [9.17, 15) is 39.6 Å². The van der Waals surface area contributed by atoms with Crippen molar-refractivity contribution in [2.75, 3.05) is 102 Å². The average Bonchev–Trinajstić information content (AvgIpc) is 3.68. The molecule has 0 aromatic heterocycles. The summed E-state index contributed by atoms with van der Waals surface area (Å²) in [6.45, 7) is 20.2. The number of carbonyl (C=O) groups excluding carboxylic acids is 5. The zero-order valence-corrected chi connectivity index (χ0v) is 62.1. The molecular formula is C69H141Cl3N6O8P2. The molecule has 0 atom stereocenters. The van der Waals surface area contributed by atoms with Crippen molar-refractivity contribution >= 4 is 63.9 Å². The SMILES string of the molecule is CCCCP(Cl)(CCCC)(CCCC)CCCCCCCCCC[NH+](CCCCCCCCCCP(Cl)(CCCC)(CCCC)CCCC)CCCCCN(O)C(=O)CCC(=O)NCCCCCN(O)C(=O)CCC(=O)NCCCCCN(O)C(C)=O.[Cl-]. The van der Waals surface area contributed by atoms with Crippen LogP contribution < -0.4 is 27.9 Å². The summed E-state index contributed by atoms with van der Waals surface area (Å²) >= 11 is 15.8. The third-order valence-electron chi connectivity index (χ3n) is 18.6. The molecular weight excluding hydrogens is 1210 g/mol. The Balaban J connectivity index is 0. The summed E-state index contributed by atoms with van der Waals surface area (Å²) in [5.41, 5.74) is 0. The quantitative estimate of drug-likeness (QED) is 0.0150. The molecule has 0 radical (unpaired) electrons. The summed E-state index contributed by atoms with van der Waals surface area (Å²) in [6, 6.07) is 0. The fraction of sp³-hybridized carbons (Fsp3) is 0.928. The standard InChI is InChI=1S/C69H140Cl2N6O8P2.ClH/c1-8-14-57-86(70,58-15-9-2,59-16-10-3)63-43-30-26-22-20-24-28-37-51-74(52-38-29-25-21-23-27-31-44-64-87(71,60-17-11-4,61-18-12-5)62-19-13-6)53-39-34-42-56-77(85)69(82)48-46-67(80)73-50-36-33-41-55-76(84)68(81)47-45-66(79)72-49-35-32-40-54-75(83)65(7)78;/h83-85H,8-64H2,1-7H3,(H,72,79)(H,73,80);1H. The van der Waals surface area contributed by atoms with Gasteiger partial charge in [-0.15, -0.1) is 0 Å². The van der Waals surface area contributed by atoms with Gasteiger partial charge in [-0.2, -0.15) is 0 Å². The molecule has 0 bridgehead atoms. The van der Waals surface area contributed by atoms with Crippen LogP contribution in [-0.4, -0.2) is 162 Å². The first-order chi connectivity index (χ1) is 41.8. The number of unbranched alkanes of at least 4 members (excludes halogenated alkanes) is 26. The predicted octanol–water partition coefficient (Wildman–Crippen LogP) is 14.3. The van der Waals surface area contributed by atoms with E-state index >= 15 is 0 Å². The molecule has 0 unspecified atom stereocenters. The minimum absolute atomic E-state index is 0. The molecule has 0 fully saturated rings. The second kappa shape index (κ2) is 56.3. The number of amides is 5. The van der Waals surface area contributed by atoms with Crippen molar-refractivity contribution in [2.24, 2.45) is 0 Å². The molecule has 88 heavy (non-hydrogen) atoms. The monoisotopic (exact) mass is 1350 g/mol. The third-order valence-corrected chi connectivity index (χ3v) is 34.2. The van der Waals surface area contributed by atoms with E-state index in [-0.39, 0.29) is 69.5 Å². The van der Waals surface area contributed by atoms with Gasteiger partial charge in [0.15, 0.2) is 0 Å². The van der Waals surface area contributed by atoms with E-state index in [1.165, 1.54) is 249 Å². The maximum absolute atomic E-state index is 12.7. The van der Waals surface area contributed by atoms with Gasteiger partial charge in [-0.3, -0.25) is 39.6 Å². The first-order valence-electron chi connectivity index (χ1n) is 36.5. The minimum Gasteiger partial charge on any atom is -1.00 e. The van der Waals surface area contributed by atoms with Crippen LogP contribution in [0, 0.1) is 0 Å². The van der Waals surface area contributed by atoms with Crippen LogP contribution in [-0.2, 0) is 24.0 Å². The Morgan fingerprint density at radius 3 is 0.864 bits per heavy atom. The zero-order valence-electron chi connectivity index (χ0n) is 58.1. The number of hydrogen-bond donors (Lipinski definition) is 6. The van der Waals surface area contributed by atoms with E-state index in [1.807, 2.05) is 0 Å². The van der Waals surface area contributed by atoms with Crippen LogP contribution in [0.1, 0.15) is 312 Å². The van der Waals surface area contributed by atoms with Gasteiger partial charge in [0.25, 0.3) is 0 Å². The van der Waals surface area contributed by atoms with Crippen LogP contribution in [0.3, 0.4) is 0 Å². The molecule has 0 spiro atoms. The van der Waals surface area contributed by atoms with Gasteiger partial charge in [0.05, 0.1) is 0 Å². The van der Waals surface area contributed by atoms with Gasteiger partial charge in [-0.05, 0) is 57.8 Å². The van der Waals surface area contributed by atoms with Gasteiger partial charge in [0.1, 0.15) is 0 Å². The molecule has 5 amide bonds. The van der Waals surface area contributed by atoms with Crippen molar-refractivity contribution in [3.8, 4) is 0 Å². The molecule has 0 saturated carbocycles. The first kappa shape index (κ1) is 89.0. The molecule has 0 saturated heterocycles. The Bertz CT molecular complexity index is 1640. The van der Waals surface area contributed by atoms with Crippen molar-refractivity contribution in [2.45, 2.75) is 312 Å². The van der Waals surface area contributed by atoms with E-state index in [1.54, 1.807) is 4.90 Å². The van der Waals surface area contributed by atoms with Crippen LogP contribution in [0.15, 0.2) is 0 Å². The summed E-state index contributed by atoms with van der Waals surface area (Å²) in [5, 5.41) is 37.7. The molecule has 0 aliphatic heterocycles. The van der Waals surface area contributed by atoms with Crippen LogP contribution in [0.25, 0.3) is 0 Å². The van der Waals surface area contributed by atoms with E-state index in [2.05, 4.69) is 52.2 Å². The zero-order chi connectivity index (χ0) is 64.8. The van der Waals surface area contributed by atoms with Crippen molar-refractivity contribution in [1.29, 1.82) is 0 Å². The Hall–Kier alpha value is -1.08. The topological polar surface area (TPSA) is 184 Å². The summed E-state index contributed by atoms with van der Waals surface area (Å²) in [5.74, 6) is -6.21. The number of rotatable bonds is 64. The molecule has 19 heteroatoms. The molecule has 526 valence electrons. The van der Waals surface area contributed by atoms with E-state index < -0.39 is 29.6 Å². The van der Waals surface area contributed by atoms with E-state index in [0.29, 0.717) is 55.3 Å². The van der Waals surface area contributed by atoms with Gasteiger partial charge >= 0.3 is 330 Å². The number of carbonyl (C=O) groups is 5. The fourth-order valence-corrected chi connectivity index (χ4v) is 26.8. The van der Waals surface area contributed by atoms with Crippen LogP contribution in [0.4, 0.5) is 0 Å². The first-order valence-corrected chi connectivity index (χ1v) is 44.3. The summed E-state index contributed by atoms with van der Waals surface area (Å²) < 4.78 is 0. The number of hydrogen-bond acceptors (Lipinski definition) is 8. The van der Waals surface area contributed by atoms with E-state index in [4.69, 9.17) is 22.5 Å². The Kier molecular flexibility index (Phi) is 56.9. The smallest absolute Gasteiger partial charge is 1.00 e. The number of quaternary nitrogens is 1. The third kappa shape index (κ3) is 46.9. The summed E-state index contributed by atoms with van der Waals surface area (Å²) in [7, 11) is 0. The fourth-order valence-electron chi connectivity index (χ4n) is 12.6. The van der Waals surface area contributed by atoms with Crippen molar-refractivity contribution in [3.63, 3.8) is 0 Å². The van der Waals surface area contributed by atoms with Gasteiger partial charge < -0.3 is 23.0 Å². The van der Waals surface area contributed by atoms with Gasteiger partial charge in [0, 0.05) is 65.3 Å². The molecule has 6 N–H and O–H groups in total. The van der Waals surface area contributed by atoms with Crippen molar-refractivity contribution in [1.82, 2.24) is 25.8 Å². The Morgan fingerprint density at radius 1 is 0.341 bits per heavy atom. The molecule has 0 aromatic rings. The molecule has 0 heterocycles. The molecule has 0 aromatic carbocycles. The summed E-state index contributed by atoms with van der Waals surface area (Å²) in [4.78, 5) is 62.4. The number of halogens is 3. The van der Waals surface area contributed by atoms with E-state index in [0.717, 1.165) is 37.3 Å². The minimum atomic E-state index is -2.13. The molecule has 0 aliphatic carbocycles. The molecule has 14 nitrogen and oxygen atoms in total. The second-order valence-corrected chi connectivity index (χ2v) is 43.4. The Morgan fingerprint density at radius 2 is 0.580 bits per heavy atom. The molecule has 0 aliphatic rings. The number of hydroxylamine groups is 6. The number of nitrogens with zero attached hydrogens (tertiary/aromatic N) is 3. The van der Waals surface area contributed by atoms with Crippen LogP contribution in [0.2, 0.25) is 0 Å². The second-order valence-electron chi connectivity index (χ2n) is 26.8. The number of nitrogens with one attached hydrogen (secondary N) is 3. The van der Waals surface area contributed by atoms with Crippen LogP contribution in [0.5, 0.6) is 0 Å². The maximum atomic E-state index is 12.7. The van der Waals surface area contributed by atoms with Gasteiger partial charge in [-0.25, -0.2) is 15.2 Å². The summed E-state index contributed by atoms with van der Waals surface area (Å²) in [6.07, 6.45) is 53.1. The van der Waals surface area contributed by atoms with Crippen molar-refractivity contribution in [3.05, 3.63) is 0 Å². The van der Waals surface area contributed by atoms with Crippen LogP contribution >= 0.6 is 34.4 Å². The van der Waals surface area contributed by atoms with Crippen molar-refractivity contribution < 1.29 is 56.9 Å². The predicted molar refractivity (Wildman–Crippen MR) is 376 cm³/mol. The Labute approximate surface area is 556 Å². The normalized spacial score (nSPS) is 13.0.